The maximum Gasteiger partial charge on any atom is 0.176 e. The van der Waals surface area contributed by atoms with E-state index < -0.39 is 0 Å². The zero-order valence-corrected chi connectivity index (χ0v) is 16.0. The van der Waals surface area contributed by atoms with Crippen molar-refractivity contribution in [3.63, 3.8) is 0 Å². The zero-order valence-electron chi connectivity index (χ0n) is 16.0. The number of imidazole rings is 1. The van der Waals surface area contributed by atoms with Crippen LogP contribution in [-0.2, 0) is 6.42 Å². The van der Waals surface area contributed by atoms with Gasteiger partial charge in [0.15, 0.2) is 5.65 Å². The van der Waals surface area contributed by atoms with Crippen molar-refractivity contribution in [1.29, 1.82) is 0 Å². The van der Waals surface area contributed by atoms with Gasteiger partial charge in [0.25, 0.3) is 0 Å². The number of benzene rings is 1. The Hall–Kier alpha value is -3.47. The monoisotopic (exact) mass is 379 g/mol. The first-order valence-corrected chi connectivity index (χ1v) is 10.2. The highest BCUT2D eigenvalue weighted by Crippen LogP contribution is 2.42. The highest BCUT2D eigenvalue weighted by Gasteiger charge is 2.28. The van der Waals surface area contributed by atoms with Gasteiger partial charge in [0.05, 0.1) is 11.4 Å². The van der Waals surface area contributed by atoms with Gasteiger partial charge in [0, 0.05) is 36.4 Å². The van der Waals surface area contributed by atoms with Gasteiger partial charge in [-0.25, -0.2) is 9.50 Å². The van der Waals surface area contributed by atoms with Crippen LogP contribution in [0.25, 0.3) is 22.5 Å². The molecule has 0 bridgehead atoms. The lowest BCUT2D eigenvalue weighted by molar-refractivity contribution is 0.635. The van der Waals surface area contributed by atoms with Crippen molar-refractivity contribution < 1.29 is 0 Å². The van der Waals surface area contributed by atoms with E-state index in [1.807, 2.05) is 29.0 Å². The van der Waals surface area contributed by atoms with Gasteiger partial charge in [-0.2, -0.15) is 5.10 Å². The third-order valence-electron chi connectivity index (χ3n) is 6.09. The quantitative estimate of drug-likeness (QED) is 0.557. The minimum Gasteiger partial charge on any atom is -0.379 e. The molecule has 0 saturated carbocycles. The largest absolute Gasteiger partial charge is 0.379 e. The summed E-state index contributed by atoms with van der Waals surface area (Å²) in [4.78, 5) is 8.77. The number of hydrogen-bond donors (Lipinski definition) is 1. The Balaban J connectivity index is 1.33. The molecular weight excluding hydrogens is 358 g/mol. The van der Waals surface area contributed by atoms with Crippen LogP contribution in [0.2, 0.25) is 0 Å². The summed E-state index contributed by atoms with van der Waals surface area (Å²) < 4.78 is 1.85. The fourth-order valence-corrected chi connectivity index (χ4v) is 4.71. The van der Waals surface area contributed by atoms with E-state index in [2.05, 4.69) is 45.6 Å². The molecule has 1 N–H and O–H groups in total. The Morgan fingerprint density at radius 2 is 2.03 bits per heavy atom. The van der Waals surface area contributed by atoms with Crippen LogP contribution in [0.4, 0.5) is 5.69 Å². The minimum atomic E-state index is 0.393. The molecule has 5 heteroatoms. The summed E-state index contributed by atoms with van der Waals surface area (Å²) in [5.74, 6) is 0. The van der Waals surface area contributed by atoms with E-state index in [-0.39, 0.29) is 0 Å². The second-order valence-corrected chi connectivity index (χ2v) is 7.88. The predicted molar refractivity (Wildman–Crippen MR) is 115 cm³/mol. The Morgan fingerprint density at radius 3 is 2.97 bits per heavy atom. The maximum absolute atomic E-state index is 4.71. The molecule has 0 fully saturated rings. The van der Waals surface area contributed by atoms with E-state index in [0.717, 1.165) is 48.3 Å². The molecule has 142 valence electrons. The van der Waals surface area contributed by atoms with Crippen molar-refractivity contribution in [2.75, 3.05) is 5.32 Å². The number of rotatable bonds is 3. The standard InChI is InChI=1S/C24H21N5/c1-2-6-20-16(4-1)12-17-7-8-19(13-21(17)20)27-23-14-22(18-5-3-9-25-15-18)28-29-11-10-26-24(23)29/h1-6,9-11,14-15,19,27H,7-8,12-13H2. The first kappa shape index (κ1) is 16.5. The Kier molecular flexibility index (Phi) is 3.72. The van der Waals surface area contributed by atoms with E-state index in [4.69, 9.17) is 5.10 Å². The summed E-state index contributed by atoms with van der Waals surface area (Å²) in [6.07, 6.45) is 11.8. The summed E-state index contributed by atoms with van der Waals surface area (Å²) in [7, 11) is 0. The second-order valence-electron chi connectivity index (χ2n) is 7.88. The number of nitrogens with zero attached hydrogens (tertiary/aromatic N) is 4. The molecule has 6 rings (SSSR count). The van der Waals surface area contributed by atoms with Crippen molar-refractivity contribution in [2.24, 2.45) is 0 Å². The molecule has 5 nitrogen and oxygen atoms in total. The van der Waals surface area contributed by atoms with Crippen molar-refractivity contribution in [1.82, 2.24) is 19.6 Å². The van der Waals surface area contributed by atoms with Gasteiger partial charge in [0.2, 0.25) is 0 Å². The average molecular weight is 379 g/mol. The Morgan fingerprint density at radius 1 is 1.07 bits per heavy atom. The van der Waals surface area contributed by atoms with Gasteiger partial charge < -0.3 is 5.32 Å². The SMILES string of the molecule is c1cncc(-c2cc(NC3CCC4=C(C3)c3ccccc3C4)c3nccn3n2)c1. The summed E-state index contributed by atoms with van der Waals surface area (Å²) >= 11 is 0. The third kappa shape index (κ3) is 2.81. The van der Waals surface area contributed by atoms with Gasteiger partial charge in [-0.05, 0) is 60.6 Å². The second kappa shape index (κ2) is 6.55. The van der Waals surface area contributed by atoms with Gasteiger partial charge in [-0.1, -0.05) is 29.8 Å². The molecule has 1 unspecified atom stereocenters. The topological polar surface area (TPSA) is 55.1 Å². The van der Waals surface area contributed by atoms with Crippen LogP contribution in [-0.4, -0.2) is 25.6 Å². The lowest BCUT2D eigenvalue weighted by Gasteiger charge is -2.26. The molecule has 0 radical (unpaired) electrons. The highest BCUT2D eigenvalue weighted by molar-refractivity contribution is 5.79. The molecule has 3 aromatic heterocycles. The van der Waals surface area contributed by atoms with E-state index in [0.29, 0.717) is 6.04 Å². The predicted octanol–water partition coefficient (Wildman–Crippen LogP) is 4.77. The van der Waals surface area contributed by atoms with E-state index in [9.17, 15) is 0 Å². The molecule has 0 amide bonds. The molecule has 1 atom stereocenters. The van der Waals surface area contributed by atoms with Gasteiger partial charge in [-0.15, -0.1) is 0 Å². The van der Waals surface area contributed by atoms with Gasteiger partial charge >= 0.3 is 0 Å². The number of hydrogen-bond acceptors (Lipinski definition) is 4. The fraction of sp³-hybridized carbons (Fsp3) is 0.208. The van der Waals surface area contributed by atoms with Crippen molar-refractivity contribution in [3.8, 4) is 11.3 Å². The summed E-state index contributed by atoms with van der Waals surface area (Å²) in [5.41, 5.74) is 9.90. The van der Waals surface area contributed by atoms with Crippen LogP contribution in [0.3, 0.4) is 0 Å². The molecule has 4 aromatic rings. The van der Waals surface area contributed by atoms with Crippen molar-refractivity contribution in [3.05, 3.63) is 84.0 Å². The zero-order chi connectivity index (χ0) is 19.2. The third-order valence-corrected chi connectivity index (χ3v) is 6.09. The maximum atomic E-state index is 4.71. The van der Waals surface area contributed by atoms with Crippen LogP contribution in [0.1, 0.15) is 30.4 Å². The smallest absolute Gasteiger partial charge is 0.176 e. The molecule has 2 aliphatic rings. The minimum absolute atomic E-state index is 0.393. The van der Waals surface area contributed by atoms with Crippen LogP contribution in [0.5, 0.6) is 0 Å². The summed E-state index contributed by atoms with van der Waals surface area (Å²) in [5, 5.41) is 8.49. The van der Waals surface area contributed by atoms with Crippen molar-refractivity contribution in [2.45, 2.75) is 31.7 Å². The molecule has 2 aliphatic carbocycles. The first-order chi connectivity index (χ1) is 14.3. The average Bonchev–Trinajstić information content (AvgIpc) is 3.39. The van der Waals surface area contributed by atoms with E-state index >= 15 is 0 Å². The normalized spacial score (nSPS) is 18.0. The molecule has 1 aromatic carbocycles. The van der Waals surface area contributed by atoms with E-state index in [1.165, 1.54) is 11.1 Å². The number of allylic oxidation sites excluding steroid dienone is 1. The molecular formula is C24H21N5. The van der Waals surface area contributed by atoms with Crippen molar-refractivity contribution >= 4 is 16.9 Å². The van der Waals surface area contributed by atoms with Crippen LogP contribution in [0.15, 0.2) is 72.8 Å². The molecule has 0 spiro atoms. The Labute approximate surface area is 169 Å². The Bertz CT molecular complexity index is 1240. The lowest BCUT2D eigenvalue weighted by atomic mass is 9.88. The number of nitrogens with one attached hydrogen (secondary N) is 1. The highest BCUT2D eigenvalue weighted by atomic mass is 15.3. The van der Waals surface area contributed by atoms with Crippen LogP contribution in [0, 0.1) is 0 Å². The van der Waals surface area contributed by atoms with Gasteiger partial charge in [0.1, 0.15) is 0 Å². The number of pyridine rings is 1. The van der Waals surface area contributed by atoms with Crippen LogP contribution >= 0.6 is 0 Å². The summed E-state index contributed by atoms with van der Waals surface area (Å²) in [6.45, 7) is 0. The molecule has 29 heavy (non-hydrogen) atoms. The van der Waals surface area contributed by atoms with Crippen LogP contribution < -0.4 is 5.32 Å². The number of anilines is 1. The summed E-state index contributed by atoms with van der Waals surface area (Å²) in [6, 6.07) is 15.3. The molecule has 0 saturated heterocycles. The molecule has 3 heterocycles. The number of aromatic nitrogens is 4. The fourth-order valence-electron chi connectivity index (χ4n) is 4.71. The van der Waals surface area contributed by atoms with E-state index in [1.54, 1.807) is 23.5 Å². The lowest BCUT2D eigenvalue weighted by Crippen LogP contribution is -2.23. The van der Waals surface area contributed by atoms with Gasteiger partial charge in [-0.3, -0.25) is 4.98 Å². The first-order valence-electron chi connectivity index (χ1n) is 10.2. The molecule has 0 aliphatic heterocycles. The number of fused-ring (bicyclic) bond motifs is 3.